The van der Waals surface area contributed by atoms with Crippen LogP contribution < -0.4 is 11.1 Å². The van der Waals surface area contributed by atoms with Crippen LogP contribution in [0.2, 0.25) is 0 Å². The van der Waals surface area contributed by atoms with Gasteiger partial charge >= 0.3 is 0 Å². The monoisotopic (exact) mass is 264 g/mol. The molecule has 1 aromatic heterocycles. The summed E-state index contributed by atoms with van der Waals surface area (Å²) in [5.74, 6) is -1.82. The van der Waals surface area contributed by atoms with Crippen LogP contribution in [0.4, 0.5) is 10.1 Å². The van der Waals surface area contributed by atoms with Crippen molar-refractivity contribution >= 4 is 11.6 Å². The van der Waals surface area contributed by atoms with E-state index >= 15 is 0 Å². The zero-order valence-electron chi connectivity index (χ0n) is 10.0. The molecule has 6 nitrogen and oxygen atoms in total. The van der Waals surface area contributed by atoms with Gasteiger partial charge in [0, 0.05) is 12.7 Å². The Morgan fingerprint density at radius 1 is 1.53 bits per heavy atom. The first-order chi connectivity index (χ1) is 9.08. The zero-order valence-corrected chi connectivity index (χ0v) is 10.0. The summed E-state index contributed by atoms with van der Waals surface area (Å²) >= 11 is 0. The number of rotatable bonds is 4. The number of nitrogens with one attached hydrogen (secondary N) is 1. The number of nitrogens with two attached hydrogens (primary N) is 1. The molecule has 1 aromatic carbocycles. The fourth-order valence-corrected chi connectivity index (χ4v) is 1.61. The van der Waals surface area contributed by atoms with E-state index in [0.29, 0.717) is 12.2 Å². The number of aromatic nitrogens is 2. The van der Waals surface area contributed by atoms with Gasteiger partial charge in [-0.3, -0.25) is 9.48 Å². The van der Waals surface area contributed by atoms with E-state index in [0.717, 1.165) is 6.07 Å². The smallest absolute Gasteiger partial charge is 0.258 e. The van der Waals surface area contributed by atoms with Gasteiger partial charge in [-0.25, -0.2) is 4.39 Å². The fraction of sp³-hybridized carbons (Fsp3) is 0.167. The van der Waals surface area contributed by atoms with E-state index in [4.69, 9.17) is 5.73 Å². The second kappa shape index (κ2) is 5.38. The van der Waals surface area contributed by atoms with Crippen LogP contribution in [-0.2, 0) is 6.54 Å². The third-order valence-electron chi connectivity index (χ3n) is 2.50. The highest BCUT2D eigenvalue weighted by molar-refractivity contribution is 5.97. The average molecular weight is 264 g/mol. The highest BCUT2D eigenvalue weighted by atomic mass is 19.1. The minimum atomic E-state index is -0.763. The maximum absolute atomic E-state index is 13.4. The van der Waals surface area contributed by atoms with Crippen LogP contribution in [0.5, 0.6) is 5.75 Å². The maximum atomic E-state index is 13.4. The molecule has 0 saturated heterocycles. The van der Waals surface area contributed by atoms with Gasteiger partial charge in [-0.2, -0.15) is 5.10 Å². The molecule has 0 bridgehead atoms. The predicted octanol–water partition coefficient (Wildman–Crippen LogP) is 0.740. The van der Waals surface area contributed by atoms with Crippen molar-refractivity contribution in [2.24, 2.45) is 0 Å². The molecule has 1 heterocycles. The predicted molar refractivity (Wildman–Crippen MR) is 67.0 cm³/mol. The van der Waals surface area contributed by atoms with E-state index in [-0.39, 0.29) is 17.9 Å². The molecule has 0 unspecified atom stereocenters. The molecule has 1 amide bonds. The molecule has 4 N–H and O–H groups in total. The number of anilines is 1. The molecular weight excluding hydrogens is 251 g/mol. The van der Waals surface area contributed by atoms with Crippen molar-refractivity contribution in [3.63, 3.8) is 0 Å². The molecule has 0 spiro atoms. The molecule has 0 saturated carbocycles. The number of carbonyl (C=O) groups excluding carboxylic acids is 1. The Bertz CT molecular complexity index is 577. The normalized spacial score (nSPS) is 10.4. The summed E-state index contributed by atoms with van der Waals surface area (Å²) in [5, 5.41) is 15.9. The summed E-state index contributed by atoms with van der Waals surface area (Å²) in [6.07, 6.45) is 3.11. The molecule has 2 rings (SSSR count). The third-order valence-corrected chi connectivity index (χ3v) is 2.50. The van der Waals surface area contributed by atoms with E-state index in [1.54, 1.807) is 10.9 Å². The van der Waals surface area contributed by atoms with Crippen molar-refractivity contribution in [3.8, 4) is 5.75 Å². The number of amides is 1. The first-order valence-electron chi connectivity index (χ1n) is 5.61. The van der Waals surface area contributed by atoms with Crippen molar-refractivity contribution in [2.45, 2.75) is 6.54 Å². The molecule has 0 fully saturated rings. The molecule has 0 atom stereocenters. The van der Waals surface area contributed by atoms with Gasteiger partial charge in [-0.15, -0.1) is 0 Å². The minimum absolute atomic E-state index is 0.244. The van der Waals surface area contributed by atoms with Crippen molar-refractivity contribution in [1.29, 1.82) is 0 Å². The summed E-state index contributed by atoms with van der Waals surface area (Å²) in [6.45, 7) is 0.645. The molecular formula is C12H13FN4O2. The van der Waals surface area contributed by atoms with E-state index in [2.05, 4.69) is 10.4 Å². The van der Waals surface area contributed by atoms with Crippen LogP contribution in [0.25, 0.3) is 0 Å². The molecule has 0 radical (unpaired) electrons. The third kappa shape index (κ3) is 3.01. The Balaban J connectivity index is 1.94. The van der Waals surface area contributed by atoms with Gasteiger partial charge < -0.3 is 16.2 Å². The number of nitrogen functional groups attached to an aromatic ring is 1. The topological polar surface area (TPSA) is 93.2 Å². The Morgan fingerprint density at radius 3 is 2.95 bits per heavy atom. The van der Waals surface area contributed by atoms with E-state index in [9.17, 15) is 14.3 Å². The minimum Gasteiger partial charge on any atom is -0.507 e. The fourth-order valence-electron chi connectivity index (χ4n) is 1.61. The maximum Gasteiger partial charge on any atom is 0.258 e. The lowest BCUT2D eigenvalue weighted by molar-refractivity contribution is 0.0945. The van der Waals surface area contributed by atoms with Gasteiger partial charge in [0.15, 0.2) is 0 Å². The van der Waals surface area contributed by atoms with E-state index < -0.39 is 11.7 Å². The lowest BCUT2D eigenvalue weighted by Gasteiger charge is -2.07. The number of nitrogens with zero attached hydrogens (tertiary/aromatic N) is 2. The highest BCUT2D eigenvalue weighted by Gasteiger charge is 2.15. The van der Waals surface area contributed by atoms with Gasteiger partial charge in [-0.1, -0.05) is 6.07 Å². The first-order valence-corrected chi connectivity index (χ1v) is 5.61. The van der Waals surface area contributed by atoms with Crippen LogP contribution in [0.15, 0.2) is 30.6 Å². The summed E-state index contributed by atoms with van der Waals surface area (Å²) in [6, 6.07) is 3.70. The van der Waals surface area contributed by atoms with Crippen molar-refractivity contribution in [1.82, 2.24) is 15.1 Å². The lowest BCUT2D eigenvalue weighted by atomic mass is 10.1. The molecule has 7 heteroatoms. The van der Waals surface area contributed by atoms with E-state index in [1.807, 2.05) is 0 Å². The second-order valence-electron chi connectivity index (χ2n) is 3.93. The molecule has 2 aromatic rings. The van der Waals surface area contributed by atoms with Crippen LogP contribution in [0.3, 0.4) is 0 Å². The van der Waals surface area contributed by atoms with Gasteiger partial charge in [-0.05, 0) is 12.1 Å². The number of benzene rings is 1. The van der Waals surface area contributed by atoms with Crippen molar-refractivity contribution < 1.29 is 14.3 Å². The SMILES string of the molecule is Nc1cnn(CCNC(=O)c2c(O)cccc2F)c1. The Labute approximate surface area is 108 Å². The Kier molecular flexibility index (Phi) is 3.65. The summed E-state index contributed by atoms with van der Waals surface area (Å²) < 4.78 is 15.0. The molecule has 0 aliphatic heterocycles. The molecule has 19 heavy (non-hydrogen) atoms. The Morgan fingerprint density at radius 2 is 2.32 bits per heavy atom. The number of phenolic OH excluding ortho intramolecular Hbond substituents is 1. The molecule has 0 aliphatic rings. The molecule has 100 valence electrons. The van der Waals surface area contributed by atoms with Gasteiger partial charge in [0.1, 0.15) is 17.1 Å². The average Bonchev–Trinajstić information content (AvgIpc) is 2.75. The van der Waals surface area contributed by atoms with Crippen LogP contribution in [0.1, 0.15) is 10.4 Å². The quantitative estimate of drug-likeness (QED) is 0.759. The standard InChI is InChI=1S/C12H13FN4O2/c13-9-2-1-3-10(18)11(9)12(19)15-4-5-17-7-8(14)6-16-17/h1-3,6-7,18H,4-5,14H2,(H,15,19). The first kappa shape index (κ1) is 12.9. The lowest BCUT2D eigenvalue weighted by Crippen LogP contribution is -2.28. The number of aromatic hydroxyl groups is 1. The van der Waals surface area contributed by atoms with Gasteiger partial charge in [0.25, 0.3) is 5.91 Å². The number of hydrogen-bond acceptors (Lipinski definition) is 4. The van der Waals surface area contributed by atoms with Crippen LogP contribution in [0, 0.1) is 5.82 Å². The number of phenols is 1. The summed E-state index contributed by atoms with van der Waals surface area (Å²) in [7, 11) is 0. The largest absolute Gasteiger partial charge is 0.507 e. The number of halogens is 1. The molecule has 0 aliphatic carbocycles. The van der Waals surface area contributed by atoms with Crippen molar-refractivity contribution in [3.05, 3.63) is 42.0 Å². The Hall–Kier alpha value is -2.57. The van der Waals surface area contributed by atoms with Crippen LogP contribution in [-0.4, -0.2) is 27.3 Å². The zero-order chi connectivity index (χ0) is 13.8. The summed E-state index contributed by atoms with van der Waals surface area (Å²) in [4.78, 5) is 11.7. The van der Waals surface area contributed by atoms with Crippen LogP contribution >= 0.6 is 0 Å². The second-order valence-corrected chi connectivity index (χ2v) is 3.93. The number of hydrogen-bond donors (Lipinski definition) is 3. The van der Waals surface area contributed by atoms with Crippen molar-refractivity contribution in [2.75, 3.05) is 12.3 Å². The van der Waals surface area contributed by atoms with Gasteiger partial charge in [0.05, 0.1) is 18.4 Å². The van der Waals surface area contributed by atoms with E-state index in [1.165, 1.54) is 18.3 Å². The highest BCUT2D eigenvalue weighted by Crippen LogP contribution is 2.19. The summed E-state index contributed by atoms with van der Waals surface area (Å²) in [5.41, 5.74) is 5.65. The number of carbonyl (C=O) groups is 1. The van der Waals surface area contributed by atoms with Gasteiger partial charge in [0.2, 0.25) is 0 Å².